The topological polar surface area (TPSA) is 64.1 Å². The van der Waals surface area contributed by atoms with E-state index < -0.39 is 35.9 Å². The number of alkyl halides is 3. The lowest BCUT2D eigenvalue weighted by molar-refractivity contribution is -0.167. The summed E-state index contributed by atoms with van der Waals surface area (Å²) in [5, 5.41) is 1.06. The lowest BCUT2D eigenvalue weighted by Crippen LogP contribution is -2.30. The fourth-order valence-corrected chi connectivity index (χ4v) is 0.920. The average Bonchev–Trinajstić information content (AvgIpc) is 2.22. The molecule has 0 aliphatic carbocycles. The highest BCUT2D eigenvalue weighted by molar-refractivity contribution is 6.32. The number of anilines is 1. The summed E-state index contributed by atoms with van der Waals surface area (Å²) in [5.74, 6) is -2.64. The summed E-state index contributed by atoms with van der Waals surface area (Å²) < 4.78 is 47.4. The van der Waals surface area contributed by atoms with Crippen molar-refractivity contribution in [1.29, 1.82) is 0 Å². The van der Waals surface area contributed by atoms with Crippen LogP contribution in [-0.4, -0.2) is 29.1 Å². The van der Waals surface area contributed by atoms with E-state index >= 15 is 0 Å². The van der Waals surface area contributed by atoms with E-state index in [0.717, 1.165) is 6.33 Å². The minimum atomic E-state index is -5.07. The summed E-state index contributed by atoms with van der Waals surface area (Å²) in [7, 11) is -0.595. The summed E-state index contributed by atoms with van der Waals surface area (Å²) in [5.41, 5.74) is -0.524. The van der Waals surface area contributed by atoms with Gasteiger partial charge in [0.2, 0.25) is 5.88 Å². The second-order valence-corrected chi connectivity index (χ2v) is 2.80. The Balaban J connectivity index is 3.00. The number of nitrogens with zero attached hydrogens (tertiary/aromatic N) is 2. The Bertz CT molecular complexity index is 429. The van der Waals surface area contributed by atoms with Crippen LogP contribution in [0.2, 0.25) is 5.15 Å². The van der Waals surface area contributed by atoms with E-state index in [-0.39, 0.29) is 0 Å². The first-order valence-electron chi connectivity index (χ1n) is 4.37. The highest BCUT2D eigenvalue weighted by Crippen LogP contribution is 2.29. The highest BCUT2D eigenvalue weighted by Gasteiger charge is 2.39. The van der Waals surface area contributed by atoms with E-state index in [1.165, 1.54) is 5.32 Å². The van der Waals surface area contributed by atoms with Crippen molar-refractivity contribution in [2.75, 3.05) is 12.4 Å². The summed E-state index contributed by atoms with van der Waals surface area (Å²) in [6.45, 7) is 0. The van der Waals surface area contributed by atoms with Gasteiger partial charge in [-0.2, -0.15) is 18.2 Å². The maximum atomic E-state index is 12.0. The molecular weight excluding hydrogens is 251 g/mol. The fraction of sp³-hybridized carbons (Fsp3) is 0.286. The van der Waals surface area contributed by atoms with Gasteiger partial charge in [0.25, 0.3) is 0 Å². The zero-order valence-electron chi connectivity index (χ0n) is 8.51. The van der Waals surface area contributed by atoms with Crippen LogP contribution in [-0.2, 0) is 4.79 Å². The molecule has 88 valence electrons. The van der Waals surface area contributed by atoms with Crippen LogP contribution in [0, 0.1) is 0 Å². The van der Waals surface area contributed by atoms with Crippen molar-refractivity contribution in [3.63, 3.8) is 0 Å². The third-order valence-corrected chi connectivity index (χ3v) is 1.69. The SMILES string of the molecule is [2H]COc1ncnc(Cl)c1NC(=O)C(F)(F)F. The lowest BCUT2D eigenvalue weighted by Gasteiger charge is -2.10. The van der Waals surface area contributed by atoms with Crippen LogP contribution >= 0.6 is 11.6 Å². The summed E-state index contributed by atoms with van der Waals surface area (Å²) in [6, 6.07) is 0. The minimum Gasteiger partial charge on any atom is -0.479 e. The first-order valence-corrected chi connectivity index (χ1v) is 4.04. The van der Waals surface area contributed by atoms with Gasteiger partial charge < -0.3 is 10.1 Å². The molecule has 1 aromatic rings. The van der Waals surface area contributed by atoms with Gasteiger partial charge in [-0.1, -0.05) is 11.6 Å². The Kier molecular flexibility index (Phi) is 3.09. The average molecular weight is 257 g/mol. The molecule has 0 saturated carbocycles. The second-order valence-electron chi connectivity index (χ2n) is 2.44. The molecule has 5 nitrogen and oxygen atoms in total. The molecule has 0 spiro atoms. The van der Waals surface area contributed by atoms with Gasteiger partial charge in [-0.15, -0.1) is 0 Å². The van der Waals surface area contributed by atoms with E-state index in [1.807, 2.05) is 0 Å². The monoisotopic (exact) mass is 256 g/mol. The normalized spacial score (nSPS) is 11.9. The molecule has 1 N–H and O–H groups in total. The van der Waals surface area contributed by atoms with Crippen LogP contribution < -0.4 is 10.1 Å². The van der Waals surface area contributed by atoms with Crippen LogP contribution in [0.15, 0.2) is 6.33 Å². The van der Waals surface area contributed by atoms with Crippen LogP contribution in [0.3, 0.4) is 0 Å². The quantitative estimate of drug-likeness (QED) is 0.817. The van der Waals surface area contributed by atoms with E-state index in [2.05, 4.69) is 14.7 Å². The number of carbonyl (C=O) groups is 1. The van der Waals surface area contributed by atoms with Gasteiger partial charge in [-0.25, -0.2) is 4.98 Å². The number of carbonyl (C=O) groups excluding carboxylic acids is 1. The predicted octanol–water partition coefficient (Wildman–Crippen LogP) is 1.64. The van der Waals surface area contributed by atoms with Crippen LogP contribution in [0.1, 0.15) is 1.37 Å². The van der Waals surface area contributed by atoms with E-state index in [0.29, 0.717) is 0 Å². The van der Waals surface area contributed by atoms with Crippen molar-refractivity contribution in [2.45, 2.75) is 6.18 Å². The van der Waals surface area contributed by atoms with Gasteiger partial charge in [0.05, 0.1) is 8.46 Å². The van der Waals surface area contributed by atoms with Crippen molar-refractivity contribution >= 4 is 23.2 Å². The fourth-order valence-electron chi connectivity index (χ4n) is 0.748. The summed E-state index contributed by atoms with van der Waals surface area (Å²) >= 11 is 5.48. The molecule has 0 radical (unpaired) electrons. The third kappa shape index (κ3) is 2.72. The minimum absolute atomic E-state index is 0.405. The molecule has 9 heteroatoms. The molecule has 0 bridgehead atoms. The third-order valence-electron chi connectivity index (χ3n) is 1.40. The largest absolute Gasteiger partial charge is 0.479 e. The first-order chi connectivity index (χ1) is 7.86. The number of aromatic nitrogens is 2. The predicted molar refractivity (Wildman–Crippen MR) is 48.3 cm³/mol. The molecular formula is C7H5ClF3N3O2. The van der Waals surface area contributed by atoms with Crippen molar-refractivity contribution in [3.8, 4) is 5.88 Å². The van der Waals surface area contributed by atoms with Gasteiger partial charge in [0.1, 0.15) is 12.0 Å². The van der Waals surface area contributed by atoms with Crippen LogP contribution in [0.4, 0.5) is 18.9 Å². The molecule has 16 heavy (non-hydrogen) atoms. The van der Waals surface area contributed by atoms with E-state index in [9.17, 15) is 18.0 Å². The maximum Gasteiger partial charge on any atom is 0.471 e. The molecule has 0 atom stereocenters. The molecule has 1 amide bonds. The molecule has 0 saturated heterocycles. The van der Waals surface area contributed by atoms with E-state index in [4.69, 9.17) is 13.0 Å². The molecule has 0 unspecified atom stereocenters. The number of halogens is 4. The summed E-state index contributed by atoms with van der Waals surface area (Å²) in [4.78, 5) is 17.5. The Morgan fingerprint density at radius 1 is 1.62 bits per heavy atom. The zero-order valence-corrected chi connectivity index (χ0v) is 8.26. The van der Waals surface area contributed by atoms with Crippen LogP contribution in [0.5, 0.6) is 5.88 Å². The van der Waals surface area contributed by atoms with Crippen molar-refractivity contribution < 1.29 is 24.1 Å². The first kappa shape index (κ1) is 10.9. The van der Waals surface area contributed by atoms with Gasteiger partial charge >= 0.3 is 12.1 Å². The Labute approximate surface area is 94.0 Å². The molecule has 0 aliphatic heterocycles. The summed E-state index contributed by atoms with van der Waals surface area (Å²) in [6.07, 6.45) is -4.14. The van der Waals surface area contributed by atoms with Crippen molar-refractivity contribution in [1.82, 2.24) is 9.97 Å². The molecule has 0 fully saturated rings. The lowest BCUT2D eigenvalue weighted by atomic mass is 10.4. The molecule has 1 rings (SSSR count). The van der Waals surface area contributed by atoms with E-state index in [1.54, 1.807) is 0 Å². The highest BCUT2D eigenvalue weighted by atomic mass is 35.5. The standard InChI is InChI=1S/C7H5ClF3N3O2/c1-16-5-3(4(8)12-2-13-5)14-6(15)7(9,10)11/h2H,1H3,(H,14,15)/i1D. The molecule has 0 aliphatic rings. The number of ether oxygens (including phenoxy) is 1. The van der Waals surface area contributed by atoms with Crippen LogP contribution in [0.25, 0.3) is 0 Å². The molecule has 1 heterocycles. The maximum absolute atomic E-state index is 12.0. The van der Waals surface area contributed by atoms with Gasteiger partial charge in [0.15, 0.2) is 5.15 Å². The number of nitrogens with one attached hydrogen (secondary N) is 1. The Morgan fingerprint density at radius 2 is 2.31 bits per heavy atom. The smallest absolute Gasteiger partial charge is 0.471 e. The Hall–Kier alpha value is -1.57. The Morgan fingerprint density at radius 3 is 2.88 bits per heavy atom. The second kappa shape index (κ2) is 4.52. The van der Waals surface area contributed by atoms with Gasteiger partial charge in [0, 0.05) is 0 Å². The van der Waals surface area contributed by atoms with Crippen molar-refractivity contribution in [3.05, 3.63) is 11.5 Å². The number of hydrogen-bond acceptors (Lipinski definition) is 4. The molecule has 1 aromatic heterocycles. The number of methoxy groups -OCH3 is 1. The van der Waals surface area contributed by atoms with Gasteiger partial charge in [-0.05, 0) is 0 Å². The zero-order chi connectivity index (χ0) is 13.1. The number of rotatable bonds is 2. The van der Waals surface area contributed by atoms with Crippen molar-refractivity contribution in [2.24, 2.45) is 0 Å². The number of amides is 1. The van der Waals surface area contributed by atoms with Gasteiger partial charge in [-0.3, -0.25) is 4.79 Å². The molecule has 0 aromatic carbocycles. The number of hydrogen-bond donors (Lipinski definition) is 1.